The number of nitrogens with one attached hydrogen (secondary N) is 1. The second-order valence-corrected chi connectivity index (χ2v) is 7.27. The van der Waals surface area contributed by atoms with Crippen molar-refractivity contribution >= 4 is 37.6 Å². The predicted octanol–water partition coefficient (Wildman–Crippen LogP) is 4.40. The molecule has 4 rings (SSSR count). The number of hydrogen-bond acceptors (Lipinski definition) is 4. The van der Waals surface area contributed by atoms with E-state index in [1.807, 2.05) is 30.3 Å². The van der Waals surface area contributed by atoms with Crippen LogP contribution in [0.4, 0.5) is 5.69 Å². The van der Waals surface area contributed by atoms with Crippen molar-refractivity contribution in [3.63, 3.8) is 0 Å². The first-order chi connectivity index (χ1) is 12.1. The van der Waals surface area contributed by atoms with Gasteiger partial charge in [0.15, 0.2) is 0 Å². The molecule has 0 unspecified atom stereocenters. The zero-order chi connectivity index (χ0) is 17.4. The lowest BCUT2D eigenvalue weighted by molar-refractivity contribution is 0.414. The monoisotopic (exact) mass is 353 g/mol. The van der Waals surface area contributed by atoms with Crippen LogP contribution in [0.2, 0.25) is 0 Å². The molecule has 0 saturated carbocycles. The summed E-state index contributed by atoms with van der Waals surface area (Å²) < 4.78 is 38.5. The zero-order valence-electron chi connectivity index (χ0n) is 13.4. The molecule has 0 saturated heterocycles. The van der Waals surface area contributed by atoms with Gasteiger partial charge < -0.3 is 9.15 Å². The van der Waals surface area contributed by atoms with E-state index in [2.05, 4.69) is 4.72 Å². The number of furan rings is 1. The highest BCUT2D eigenvalue weighted by molar-refractivity contribution is 7.92. The predicted molar refractivity (Wildman–Crippen MR) is 97.5 cm³/mol. The van der Waals surface area contributed by atoms with Crippen LogP contribution in [0.15, 0.2) is 76.0 Å². The van der Waals surface area contributed by atoms with Gasteiger partial charge in [-0.05, 0) is 42.5 Å². The Kier molecular flexibility index (Phi) is 3.62. The maximum Gasteiger partial charge on any atom is 0.261 e. The van der Waals surface area contributed by atoms with Gasteiger partial charge >= 0.3 is 0 Å². The maximum absolute atomic E-state index is 12.5. The first-order valence-corrected chi connectivity index (χ1v) is 9.13. The Labute approximate surface area is 144 Å². The van der Waals surface area contributed by atoms with Gasteiger partial charge in [0.25, 0.3) is 10.0 Å². The molecular weight excluding hydrogens is 338 g/mol. The molecule has 4 aromatic rings. The number of ether oxygens (including phenoxy) is 1. The number of fused-ring (bicyclic) bond motifs is 3. The van der Waals surface area contributed by atoms with Crippen LogP contribution in [-0.4, -0.2) is 15.5 Å². The van der Waals surface area contributed by atoms with Crippen LogP contribution in [0, 0.1) is 0 Å². The average molecular weight is 353 g/mol. The number of anilines is 1. The molecule has 0 radical (unpaired) electrons. The number of methoxy groups -OCH3 is 1. The Hall–Kier alpha value is -2.99. The lowest BCUT2D eigenvalue weighted by Crippen LogP contribution is -2.12. The molecule has 0 fully saturated rings. The molecule has 1 aromatic heterocycles. The highest BCUT2D eigenvalue weighted by atomic mass is 32.2. The highest BCUT2D eigenvalue weighted by Gasteiger charge is 2.15. The summed E-state index contributed by atoms with van der Waals surface area (Å²) in [4.78, 5) is 0.165. The van der Waals surface area contributed by atoms with E-state index >= 15 is 0 Å². The van der Waals surface area contributed by atoms with Gasteiger partial charge in [-0.25, -0.2) is 8.42 Å². The molecule has 126 valence electrons. The molecular formula is C19H15NO4S. The van der Waals surface area contributed by atoms with E-state index < -0.39 is 10.0 Å². The molecule has 6 heteroatoms. The van der Waals surface area contributed by atoms with Crippen LogP contribution in [0.1, 0.15) is 0 Å². The van der Waals surface area contributed by atoms with Crippen molar-refractivity contribution in [2.45, 2.75) is 4.90 Å². The smallest absolute Gasteiger partial charge is 0.261 e. The quantitative estimate of drug-likeness (QED) is 0.590. The zero-order valence-corrected chi connectivity index (χ0v) is 14.2. The summed E-state index contributed by atoms with van der Waals surface area (Å²) in [5.41, 5.74) is 1.85. The molecule has 3 aromatic carbocycles. The van der Waals surface area contributed by atoms with Crippen LogP contribution >= 0.6 is 0 Å². The van der Waals surface area contributed by atoms with Crippen molar-refractivity contribution < 1.29 is 17.6 Å². The molecule has 1 heterocycles. The van der Waals surface area contributed by atoms with Crippen molar-refractivity contribution in [2.24, 2.45) is 0 Å². The summed E-state index contributed by atoms with van der Waals surface area (Å²) in [6.07, 6.45) is 0. The first kappa shape index (κ1) is 15.5. The van der Waals surface area contributed by atoms with Crippen molar-refractivity contribution in [1.29, 1.82) is 0 Å². The minimum absolute atomic E-state index is 0.165. The Morgan fingerprint density at radius 3 is 2.36 bits per heavy atom. The van der Waals surface area contributed by atoms with E-state index in [0.717, 1.165) is 16.4 Å². The number of rotatable bonds is 4. The minimum atomic E-state index is -3.68. The van der Waals surface area contributed by atoms with E-state index in [-0.39, 0.29) is 4.90 Å². The van der Waals surface area contributed by atoms with Crippen molar-refractivity contribution in [1.82, 2.24) is 0 Å². The summed E-state index contributed by atoms with van der Waals surface area (Å²) in [7, 11) is -2.15. The fourth-order valence-corrected chi connectivity index (χ4v) is 3.81. The van der Waals surface area contributed by atoms with Gasteiger partial charge in [0.2, 0.25) is 0 Å². The van der Waals surface area contributed by atoms with Crippen molar-refractivity contribution in [3.8, 4) is 5.75 Å². The first-order valence-electron chi connectivity index (χ1n) is 7.65. The Bertz CT molecular complexity index is 1160. The molecule has 1 N–H and O–H groups in total. The third kappa shape index (κ3) is 2.81. The van der Waals surface area contributed by atoms with E-state index in [4.69, 9.17) is 9.15 Å². The highest BCUT2D eigenvalue weighted by Crippen LogP contribution is 2.31. The minimum Gasteiger partial charge on any atom is -0.497 e. The van der Waals surface area contributed by atoms with E-state index in [9.17, 15) is 8.42 Å². The second-order valence-electron chi connectivity index (χ2n) is 5.59. The summed E-state index contributed by atoms with van der Waals surface area (Å²) >= 11 is 0. The largest absolute Gasteiger partial charge is 0.497 e. The maximum atomic E-state index is 12.5. The van der Waals surface area contributed by atoms with Crippen LogP contribution in [-0.2, 0) is 10.0 Å². The number of benzene rings is 3. The van der Waals surface area contributed by atoms with Crippen LogP contribution in [0.5, 0.6) is 5.75 Å². The van der Waals surface area contributed by atoms with Crippen LogP contribution < -0.4 is 9.46 Å². The molecule has 25 heavy (non-hydrogen) atoms. The van der Waals surface area contributed by atoms with Gasteiger partial charge in [-0.1, -0.05) is 18.2 Å². The van der Waals surface area contributed by atoms with Gasteiger partial charge in [0, 0.05) is 16.8 Å². The standard InChI is InChI=1S/C19H15NO4S/c1-23-14-7-9-15(10-8-14)25(21,22)20-13-6-11-17-16-4-2-3-5-18(16)24-19(17)12-13/h2-12,20H,1H3. The molecule has 0 aliphatic rings. The summed E-state index contributed by atoms with van der Waals surface area (Å²) in [6.45, 7) is 0. The normalized spacial score (nSPS) is 11.7. The van der Waals surface area contributed by atoms with Gasteiger partial charge in [-0.2, -0.15) is 0 Å². The third-order valence-electron chi connectivity index (χ3n) is 4.00. The molecule has 0 spiro atoms. The third-order valence-corrected chi connectivity index (χ3v) is 5.40. The fraction of sp³-hybridized carbons (Fsp3) is 0.0526. The van der Waals surface area contributed by atoms with Crippen LogP contribution in [0.25, 0.3) is 21.9 Å². The van der Waals surface area contributed by atoms with Crippen molar-refractivity contribution in [2.75, 3.05) is 11.8 Å². The second kappa shape index (κ2) is 5.82. The number of para-hydroxylation sites is 1. The Balaban J connectivity index is 1.70. The van der Waals surface area contributed by atoms with E-state index in [0.29, 0.717) is 17.0 Å². The van der Waals surface area contributed by atoms with E-state index in [1.165, 1.54) is 19.2 Å². The molecule has 0 atom stereocenters. The van der Waals surface area contributed by atoms with Gasteiger partial charge in [-0.3, -0.25) is 4.72 Å². The van der Waals surface area contributed by atoms with Crippen molar-refractivity contribution in [3.05, 3.63) is 66.7 Å². The SMILES string of the molecule is COc1ccc(S(=O)(=O)Nc2ccc3c(c2)oc2ccccc23)cc1. The van der Waals surface area contributed by atoms with Gasteiger partial charge in [-0.15, -0.1) is 0 Å². The summed E-state index contributed by atoms with van der Waals surface area (Å²) in [6, 6.07) is 19.2. The summed E-state index contributed by atoms with van der Waals surface area (Å²) in [5, 5.41) is 1.95. The Morgan fingerprint density at radius 1 is 0.880 bits per heavy atom. The number of hydrogen-bond donors (Lipinski definition) is 1. The van der Waals surface area contributed by atoms with Gasteiger partial charge in [0.05, 0.1) is 17.7 Å². The number of sulfonamides is 1. The fourth-order valence-electron chi connectivity index (χ4n) is 2.76. The molecule has 5 nitrogen and oxygen atoms in total. The summed E-state index contributed by atoms with van der Waals surface area (Å²) in [5.74, 6) is 0.600. The van der Waals surface area contributed by atoms with Gasteiger partial charge in [0.1, 0.15) is 16.9 Å². The molecule has 0 bridgehead atoms. The lowest BCUT2D eigenvalue weighted by Gasteiger charge is -2.08. The lowest BCUT2D eigenvalue weighted by atomic mass is 10.1. The average Bonchev–Trinajstić information content (AvgIpc) is 2.99. The topological polar surface area (TPSA) is 68.5 Å². The molecule has 0 aliphatic heterocycles. The van der Waals surface area contributed by atoms with E-state index in [1.54, 1.807) is 24.3 Å². The molecule has 0 amide bonds. The Morgan fingerprint density at radius 2 is 1.60 bits per heavy atom. The van der Waals surface area contributed by atoms with Crippen LogP contribution in [0.3, 0.4) is 0 Å². The molecule has 0 aliphatic carbocycles.